The Morgan fingerprint density at radius 1 is 1.35 bits per heavy atom. The second-order valence-corrected chi connectivity index (χ2v) is 3.83. The third-order valence-electron chi connectivity index (χ3n) is 2.69. The fourth-order valence-corrected chi connectivity index (χ4v) is 1.82. The highest BCUT2D eigenvalue weighted by molar-refractivity contribution is 5.66. The summed E-state index contributed by atoms with van der Waals surface area (Å²) in [4.78, 5) is 4.50. The summed E-state index contributed by atoms with van der Waals surface area (Å²) in [6, 6.07) is 7.78. The Morgan fingerprint density at radius 3 is 2.82 bits per heavy atom. The van der Waals surface area contributed by atoms with E-state index in [1.165, 1.54) is 0 Å². The molecule has 0 spiro atoms. The highest BCUT2D eigenvalue weighted by Gasteiger charge is 2.10. The van der Waals surface area contributed by atoms with Gasteiger partial charge in [-0.25, -0.2) is 4.98 Å². The van der Waals surface area contributed by atoms with E-state index in [0.717, 1.165) is 22.8 Å². The van der Waals surface area contributed by atoms with Gasteiger partial charge in [0, 0.05) is 25.2 Å². The van der Waals surface area contributed by atoms with Gasteiger partial charge in [-0.05, 0) is 12.1 Å². The minimum Gasteiger partial charge on any atom is -0.496 e. The van der Waals surface area contributed by atoms with Crippen molar-refractivity contribution in [3.8, 4) is 17.0 Å². The van der Waals surface area contributed by atoms with Gasteiger partial charge in [-0.15, -0.1) is 0 Å². The average Bonchev–Trinajstić information content (AvgIpc) is 2.71. The standard InChI is InChI=1S/C13H16N2O2/c1-15-9-11(14-13(15)7-8-16)10-5-3-4-6-12(10)17-2/h3-6,9,16H,7-8H2,1-2H3. The molecule has 2 rings (SSSR count). The van der Waals surface area contributed by atoms with E-state index >= 15 is 0 Å². The number of imidazole rings is 1. The molecule has 0 saturated carbocycles. The molecule has 0 radical (unpaired) electrons. The molecule has 17 heavy (non-hydrogen) atoms. The van der Waals surface area contributed by atoms with Crippen molar-refractivity contribution in [1.29, 1.82) is 0 Å². The van der Waals surface area contributed by atoms with Gasteiger partial charge in [0.15, 0.2) is 0 Å². The maximum Gasteiger partial charge on any atom is 0.128 e. The summed E-state index contributed by atoms with van der Waals surface area (Å²) < 4.78 is 7.24. The molecular formula is C13H16N2O2. The summed E-state index contributed by atoms with van der Waals surface area (Å²) in [5.74, 6) is 1.68. The predicted octanol–water partition coefficient (Wildman–Crippen LogP) is 1.63. The maximum absolute atomic E-state index is 8.95. The molecule has 0 amide bonds. The Kier molecular flexibility index (Phi) is 3.44. The molecule has 0 aliphatic carbocycles. The van der Waals surface area contributed by atoms with Crippen molar-refractivity contribution < 1.29 is 9.84 Å². The van der Waals surface area contributed by atoms with Crippen LogP contribution in [0.5, 0.6) is 5.75 Å². The Labute approximate surface area is 100 Å². The largest absolute Gasteiger partial charge is 0.496 e. The van der Waals surface area contributed by atoms with Gasteiger partial charge in [0.2, 0.25) is 0 Å². The molecule has 1 N–H and O–H groups in total. The number of benzene rings is 1. The monoisotopic (exact) mass is 232 g/mol. The lowest BCUT2D eigenvalue weighted by Crippen LogP contribution is -1.99. The number of aromatic nitrogens is 2. The van der Waals surface area contributed by atoms with Crippen LogP contribution in [0.25, 0.3) is 11.3 Å². The van der Waals surface area contributed by atoms with E-state index in [0.29, 0.717) is 6.42 Å². The molecule has 0 saturated heterocycles. The van der Waals surface area contributed by atoms with Crippen molar-refractivity contribution in [2.24, 2.45) is 7.05 Å². The first-order valence-corrected chi connectivity index (χ1v) is 5.52. The van der Waals surface area contributed by atoms with E-state index in [1.54, 1.807) is 7.11 Å². The molecule has 0 bridgehead atoms. The molecule has 2 aromatic rings. The van der Waals surface area contributed by atoms with Crippen LogP contribution >= 0.6 is 0 Å². The highest BCUT2D eigenvalue weighted by atomic mass is 16.5. The molecule has 0 aliphatic rings. The summed E-state index contributed by atoms with van der Waals surface area (Å²) in [5, 5.41) is 8.95. The number of aryl methyl sites for hydroxylation is 1. The number of aliphatic hydroxyl groups excluding tert-OH is 1. The molecule has 1 aromatic heterocycles. The van der Waals surface area contributed by atoms with Gasteiger partial charge in [0.05, 0.1) is 19.4 Å². The highest BCUT2D eigenvalue weighted by Crippen LogP contribution is 2.28. The van der Waals surface area contributed by atoms with Crippen LogP contribution in [0.15, 0.2) is 30.5 Å². The molecule has 1 heterocycles. The summed E-state index contributed by atoms with van der Waals surface area (Å²) in [6.45, 7) is 0.107. The Bertz CT molecular complexity index is 506. The van der Waals surface area contributed by atoms with Gasteiger partial charge in [0.1, 0.15) is 11.6 Å². The molecule has 4 heteroatoms. The molecule has 0 fully saturated rings. The molecule has 0 unspecified atom stereocenters. The SMILES string of the molecule is COc1ccccc1-c1cn(C)c(CCO)n1. The predicted molar refractivity (Wildman–Crippen MR) is 66.0 cm³/mol. The Hall–Kier alpha value is -1.81. The maximum atomic E-state index is 8.95. The van der Waals surface area contributed by atoms with Crippen LogP contribution in [-0.4, -0.2) is 28.4 Å². The van der Waals surface area contributed by atoms with E-state index < -0.39 is 0 Å². The number of hydrogen-bond donors (Lipinski definition) is 1. The van der Waals surface area contributed by atoms with E-state index in [9.17, 15) is 0 Å². The second kappa shape index (κ2) is 5.01. The zero-order valence-corrected chi connectivity index (χ0v) is 10.1. The zero-order valence-electron chi connectivity index (χ0n) is 10.1. The van der Waals surface area contributed by atoms with Crippen molar-refractivity contribution in [3.05, 3.63) is 36.3 Å². The third-order valence-corrected chi connectivity index (χ3v) is 2.69. The average molecular weight is 232 g/mol. The lowest BCUT2D eigenvalue weighted by atomic mass is 10.1. The van der Waals surface area contributed by atoms with Crippen molar-refractivity contribution in [1.82, 2.24) is 9.55 Å². The number of para-hydroxylation sites is 1. The zero-order chi connectivity index (χ0) is 12.3. The number of ether oxygens (including phenoxy) is 1. The van der Waals surface area contributed by atoms with Crippen LogP contribution in [0, 0.1) is 0 Å². The number of hydrogen-bond acceptors (Lipinski definition) is 3. The lowest BCUT2D eigenvalue weighted by molar-refractivity contribution is 0.295. The van der Waals surface area contributed by atoms with Gasteiger partial charge in [-0.1, -0.05) is 12.1 Å². The fourth-order valence-electron chi connectivity index (χ4n) is 1.82. The van der Waals surface area contributed by atoms with E-state index in [1.807, 2.05) is 42.1 Å². The summed E-state index contributed by atoms with van der Waals surface area (Å²) in [6.07, 6.45) is 2.51. The van der Waals surface area contributed by atoms with Crippen molar-refractivity contribution in [2.75, 3.05) is 13.7 Å². The van der Waals surface area contributed by atoms with E-state index in [-0.39, 0.29) is 6.61 Å². The van der Waals surface area contributed by atoms with Crippen LogP contribution in [0.3, 0.4) is 0 Å². The van der Waals surface area contributed by atoms with Crippen LogP contribution in [0.1, 0.15) is 5.82 Å². The molecule has 0 atom stereocenters. The van der Waals surface area contributed by atoms with E-state index in [2.05, 4.69) is 4.98 Å². The van der Waals surface area contributed by atoms with Crippen LogP contribution in [0.2, 0.25) is 0 Å². The third kappa shape index (κ3) is 2.31. The van der Waals surface area contributed by atoms with Crippen LogP contribution in [0.4, 0.5) is 0 Å². The van der Waals surface area contributed by atoms with E-state index in [4.69, 9.17) is 9.84 Å². The number of aliphatic hydroxyl groups is 1. The van der Waals surface area contributed by atoms with Crippen molar-refractivity contribution in [3.63, 3.8) is 0 Å². The van der Waals surface area contributed by atoms with Gasteiger partial charge in [-0.2, -0.15) is 0 Å². The summed E-state index contributed by atoms with van der Waals surface area (Å²) in [5.41, 5.74) is 1.84. The first-order chi connectivity index (χ1) is 8.26. The summed E-state index contributed by atoms with van der Waals surface area (Å²) >= 11 is 0. The molecule has 1 aromatic carbocycles. The Morgan fingerprint density at radius 2 is 2.12 bits per heavy atom. The normalized spacial score (nSPS) is 10.5. The van der Waals surface area contributed by atoms with Gasteiger partial charge in [0.25, 0.3) is 0 Å². The van der Waals surface area contributed by atoms with Gasteiger partial charge in [-0.3, -0.25) is 0 Å². The second-order valence-electron chi connectivity index (χ2n) is 3.83. The minimum absolute atomic E-state index is 0.107. The van der Waals surface area contributed by atoms with Crippen LogP contribution < -0.4 is 4.74 Å². The number of nitrogens with zero attached hydrogens (tertiary/aromatic N) is 2. The number of methoxy groups -OCH3 is 1. The minimum atomic E-state index is 0.107. The first-order valence-electron chi connectivity index (χ1n) is 5.52. The fraction of sp³-hybridized carbons (Fsp3) is 0.308. The smallest absolute Gasteiger partial charge is 0.128 e. The molecule has 90 valence electrons. The quantitative estimate of drug-likeness (QED) is 0.871. The topological polar surface area (TPSA) is 47.3 Å². The summed E-state index contributed by atoms with van der Waals surface area (Å²) in [7, 11) is 3.58. The first kappa shape index (κ1) is 11.7. The van der Waals surface area contributed by atoms with Gasteiger partial charge < -0.3 is 14.4 Å². The Balaban J connectivity index is 2.42. The van der Waals surface area contributed by atoms with Crippen LogP contribution in [-0.2, 0) is 13.5 Å². The molecular weight excluding hydrogens is 216 g/mol. The van der Waals surface area contributed by atoms with Crippen molar-refractivity contribution >= 4 is 0 Å². The molecule has 0 aliphatic heterocycles. The molecule has 4 nitrogen and oxygen atoms in total. The lowest BCUT2D eigenvalue weighted by Gasteiger charge is -2.04. The van der Waals surface area contributed by atoms with Gasteiger partial charge >= 0.3 is 0 Å². The number of rotatable bonds is 4. The van der Waals surface area contributed by atoms with Crippen molar-refractivity contribution in [2.45, 2.75) is 6.42 Å².